The molecule has 0 saturated carbocycles. The van der Waals surface area contributed by atoms with Gasteiger partial charge in [-0.3, -0.25) is 4.57 Å². The summed E-state index contributed by atoms with van der Waals surface area (Å²) >= 11 is 3.55. The average Bonchev–Trinajstić information content (AvgIpc) is 3.63. The van der Waals surface area contributed by atoms with Crippen LogP contribution in [-0.2, 0) is 0 Å². The van der Waals surface area contributed by atoms with Crippen molar-refractivity contribution in [2.45, 2.75) is 12.5 Å². The number of hydrogen-bond donors (Lipinski definition) is 1. The summed E-state index contributed by atoms with van der Waals surface area (Å²) in [6.07, 6.45) is 9.53. The first kappa shape index (κ1) is 24.0. The predicted octanol–water partition coefficient (Wildman–Crippen LogP) is 9.57. The van der Waals surface area contributed by atoms with Crippen molar-refractivity contribution in [1.82, 2.24) is 14.5 Å². The first-order valence-corrected chi connectivity index (χ1v) is 15.5. The number of aliphatic hydroxyl groups is 1. The predicted molar refractivity (Wildman–Crippen MR) is 179 cm³/mol. The molecule has 6 heteroatoms. The van der Waals surface area contributed by atoms with Gasteiger partial charge in [-0.15, -0.1) is 22.7 Å². The van der Waals surface area contributed by atoms with Gasteiger partial charge in [0.15, 0.2) is 0 Å². The van der Waals surface area contributed by atoms with Crippen LogP contribution in [0.3, 0.4) is 0 Å². The molecule has 0 radical (unpaired) electrons. The number of benzene rings is 4. The third-order valence-electron chi connectivity index (χ3n) is 8.17. The molecular formula is C36H23N3OS2. The van der Waals surface area contributed by atoms with Gasteiger partial charge in [-0.1, -0.05) is 72.8 Å². The molecule has 8 aromatic rings. The van der Waals surface area contributed by atoms with Crippen LogP contribution < -0.4 is 0 Å². The van der Waals surface area contributed by atoms with E-state index < -0.39 is 5.60 Å². The summed E-state index contributed by atoms with van der Waals surface area (Å²) in [6.45, 7) is 1.78. The van der Waals surface area contributed by atoms with Gasteiger partial charge in [-0.25, -0.2) is 9.97 Å². The van der Waals surface area contributed by atoms with Gasteiger partial charge >= 0.3 is 0 Å². The van der Waals surface area contributed by atoms with Crippen molar-refractivity contribution in [1.29, 1.82) is 0 Å². The number of nitrogens with zero attached hydrogens (tertiary/aromatic N) is 3. The second-order valence-corrected chi connectivity index (χ2v) is 13.1. The first-order chi connectivity index (χ1) is 20.6. The van der Waals surface area contributed by atoms with Crippen LogP contribution in [0.5, 0.6) is 0 Å². The van der Waals surface area contributed by atoms with Crippen LogP contribution in [0, 0.1) is 0 Å². The molecule has 4 heterocycles. The van der Waals surface area contributed by atoms with Crippen molar-refractivity contribution < 1.29 is 5.11 Å². The van der Waals surface area contributed by atoms with Gasteiger partial charge in [0.2, 0.25) is 5.95 Å². The van der Waals surface area contributed by atoms with Crippen molar-refractivity contribution in [2.24, 2.45) is 0 Å². The molecule has 0 spiro atoms. The second-order valence-electron chi connectivity index (χ2n) is 11.0. The van der Waals surface area contributed by atoms with Gasteiger partial charge < -0.3 is 5.11 Å². The highest BCUT2D eigenvalue weighted by atomic mass is 32.1. The lowest BCUT2D eigenvalue weighted by Crippen LogP contribution is -2.15. The molecule has 0 fully saturated rings. The van der Waals surface area contributed by atoms with E-state index in [9.17, 15) is 5.11 Å². The Kier molecular flexibility index (Phi) is 4.97. The van der Waals surface area contributed by atoms with E-state index >= 15 is 0 Å². The van der Waals surface area contributed by atoms with Crippen LogP contribution in [-0.4, -0.2) is 25.2 Å². The van der Waals surface area contributed by atoms with Crippen molar-refractivity contribution in [3.8, 4) is 5.95 Å². The van der Waals surface area contributed by atoms with Crippen LogP contribution in [0.25, 0.3) is 73.8 Å². The lowest BCUT2D eigenvalue weighted by molar-refractivity contribution is 0.164. The SMILES string of the molecule is CC1(O)C=CC=C(c2nc(-n3c4ccccc4c4c5c(ccc43)sc3ccccc35)nc3c2sc2ccccc23)C=C1. The van der Waals surface area contributed by atoms with Crippen LogP contribution in [0.2, 0.25) is 0 Å². The Bertz CT molecular complexity index is 2500. The molecule has 42 heavy (non-hydrogen) atoms. The van der Waals surface area contributed by atoms with E-state index in [0.717, 1.165) is 37.9 Å². The Labute approximate surface area is 248 Å². The Balaban J connectivity index is 1.43. The minimum absolute atomic E-state index is 0.639. The lowest BCUT2D eigenvalue weighted by atomic mass is 10.1. The monoisotopic (exact) mass is 577 g/mol. The fourth-order valence-electron chi connectivity index (χ4n) is 6.24. The molecule has 1 aliphatic rings. The average molecular weight is 578 g/mol. The maximum Gasteiger partial charge on any atom is 0.235 e. The normalized spacial score (nSPS) is 17.3. The molecule has 4 aromatic carbocycles. The highest BCUT2D eigenvalue weighted by molar-refractivity contribution is 7.26. The second kappa shape index (κ2) is 8.69. The summed E-state index contributed by atoms with van der Waals surface area (Å²) in [5, 5.41) is 16.8. The number of allylic oxidation sites excluding steroid dienone is 4. The van der Waals surface area contributed by atoms with E-state index in [4.69, 9.17) is 9.97 Å². The van der Waals surface area contributed by atoms with Gasteiger partial charge in [0.25, 0.3) is 0 Å². The molecule has 1 unspecified atom stereocenters. The molecule has 0 amide bonds. The van der Waals surface area contributed by atoms with Crippen LogP contribution >= 0.6 is 22.7 Å². The number of thiophene rings is 2. The molecule has 0 saturated heterocycles. The molecule has 0 bridgehead atoms. The van der Waals surface area contributed by atoms with E-state index in [1.165, 1.54) is 35.6 Å². The third kappa shape index (κ3) is 3.43. The summed E-state index contributed by atoms with van der Waals surface area (Å²) < 4.78 is 7.00. The maximum absolute atomic E-state index is 10.7. The van der Waals surface area contributed by atoms with Crippen molar-refractivity contribution in [3.05, 3.63) is 121 Å². The summed E-state index contributed by atoms with van der Waals surface area (Å²) in [6, 6.07) is 30.1. The molecule has 4 aromatic heterocycles. The maximum atomic E-state index is 10.7. The Hall–Kier alpha value is -4.62. The van der Waals surface area contributed by atoms with E-state index in [1.807, 2.05) is 35.6 Å². The van der Waals surface area contributed by atoms with E-state index in [1.54, 1.807) is 24.3 Å². The Morgan fingerprint density at radius 2 is 1.43 bits per heavy atom. The number of hydrogen-bond acceptors (Lipinski definition) is 5. The summed E-state index contributed by atoms with van der Waals surface area (Å²) in [5.41, 5.74) is 3.89. The summed E-state index contributed by atoms with van der Waals surface area (Å²) in [7, 11) is 0. The zero-order valence-corrected chi connectivity index (χ0v) is 24.2. The van der Waals surface area contributed by atoms with Gasteiger partial charge in [0.05, 0.1) is 32.5 Å². The Morgan fingerprint density at radius 3 is 2.29 bits per heavy atom. The minimum atomic E-state index is -1.02. The largest absolute Gasteiger partial charge is 0.382 e. The Morgan fingerprint density at radius 1 is 0.690 bits per heavy atom. The topological polar surface area (TPSA) is 50.9 Å². The summed E-state index contributed by atoms with van der Waals surface area (Å²) in [4.78, 5) is 10.6. The number of aromatic nitrogens is 3. The number of para-hydroxylation sites is 1. The van der Waals surface area contributed by atoms with E-state index in [-0.39, 0.29) is 0 Å². The fourth-order valence-corrected chi connectivity index (χ4v) is 8.51. The molecule has 1 atom stereocenters. The molecule has 200 valence electrons. The van der Waals surface area contributed by atoms with Gasteiger partial charge in [0, 0.05) is 46.6 Å². The zero-order chi connectivity index (χ0) is 28.0. The van der Waals surface area contributed by atoms with Gasteiger partial charge in [-0.2, -0.15) is 0 Å². The van der Waals surface area contributed by atoms with Crippen molar-refractivity contribution in [2.75, 3.05) is 0 Å². The highest BCUT2D eigenvalue weighted by Crippen LogP contribution is 2.44. The standard InChI is InChI=1S/C36H23N3OS2/c1-36(40)19-8-9-21(18-20-36)32-34-33(24-12-4-7-15-28(24)42-34)38-35(37-32)39-25-13-5-2-10-22(25)30-26(39)16-17-29-31(30)23-11-3-6-14-27(23)41-29/h2-20,40H,1H3. The van der Waals surface area contributed by atoms with E-state index in [0.29, 0.717) is 5.95 Å². The molecule has 1 N–H and O–H groups in total. The van der Waals surface area contributed by atoms with Gasteiger partial charge in [-0.05, 0) is 49.4 Å². The van der Waals surface area contributed by atoms with E-state index in [2.05, 4.69) is 89.5 Å². The number of fused-ring (bicyclic) bond motifs is 10. The molecule has 4 nitrogen and oxygen atoms in total. The highest BCUT2D eigenvalue weighted by Gasteiger charge is 2.23. The molecule has 0 aliphatic heterocycles. The molecule has 1 aliphatic carbocycles. The van der Waals surface area contributed by atoms with Crippen molar-refractivity contribution >= 4 is 90.5 Å². The summed E-state index contributed by atoms with van der Waals surface area (Å²) in [5.74, 6) is 0.639. The first-order valence-electron chi connectivity index (χ1n) is 13.9. The zero-order valence-electron chi connectivity index (χ0n) is 22.6. The fraction of sp³-hybridized carbons (Fsp3) is 0.0556. The van der Waals surface area contributed by atoms with Crippen LogP contribution in [0.15, 0.2) is 115 Å². The van der Waals surface area contributed by atoms with Crippen LogP contribution in [0.1, 0.15) is 12.6 Å². The van der Waals surface area contributed by atoms with Gasteiger partial charge in [0.1, 0.15) is 0 Å². The minimum Gasteiger partial charge on any atom is -0.382 e. The molecule has 9 rings (SSSR count). The lowest BCUT2D eigenvalue weighted by Gasteiger charge is -2.12. The smallest absolute Gasteiger partial charge is 0.235 e. The molecular weight excluding hydrogens is 555 g/mol. The van der Waals surface area contributed by atoms with Crippen molar-refractivity contribution in [3.63, 3.8) is 0 Å². The number of rotatable bonds is 2. The van der Waals surface area contributed by atoms with Crippen LogP contribution in [0.4, 0.5) is 0 Å². The quantitative estimate of drug-likeness (QED) is 0.223. The third-order valence-corrected chi connectivity index (χ3v) is 10.5.